The summed E-state index contributed by atoms with van der Waals surface area (Å²) in [6, 6.07) is 15.7. The number of benzene rings is 3. The second-order valence-corrected chi connectivity index (χ2v) is 6.87. The highest BCUT2D eigenvalue weighted by Crippen LogP contribution is 2.43. The van der Waals surface area contributed by atoms with Gasteiger partial charge in [-0.25, -0.2) is 8.78 Å². The van der Waals surface area contributed by atoms with Gasteiger partial charge < -0.3 is 9.84 Å². The molecule has 3 aromatic carbocycles. The monoisotopic (exact) mass is 421 g/mol. The van der Waals surface area contributed by atoms with Gasteiger partial charge in [0, 0.05) is 11.3 Å². The molecule has 31 heavy (non-hydrogen) atoms. The van der Waals surface area contributed by atoms with E-state index < -0.39 is 35.1 Å². The Hall–Kier alpha value is -4.00. The van der Waals surface area contributed by atoms with Crippen molar-refractivity contribution in [2.24, 2.45) is 0 Å². The van der Waals surface area contributed by atoms with E-state index >= 15 is 0 Å². The number of carbonyl (C=O) groups excluding carboxylic acids is 2. The first kappa shape index (κ1) is 20.3. The van der Waals surface area contributed by atoms with Crippen molar-refractivity contribution in [2.75, 3.05) is 12.0 Å². The number of nitrogens with zero attached hydrogens (tertiary/aromatic N) is 1. The van der Waals surface area contributed by atoms with Crippen LogP contribution in [0.5, 0.6) is 5.75 Å². The molecule has 0 aromatic heterocycles. The summed E-state index contributed by atoms with van der Waals surface area (Å²) in [5, 5.41) is 11.1. The molecule has 0 spiro atoms. The van der Waals surface area contributed by atoms with E-state index in [0.717, 1.165) is 17.0 Å². The summed E-state index contributed by atoms with van der Waals surface area (Å²) in [7, 11) is 1.40. The normalized spacial score (nSPS) is 17.8. The average Bonchev–Trinajstić information content (AvgIpc) is 3.04. The lowest BCUT2D eigenvalue weighted by Gasteiger charge is -2.25. The van der Waals surface area contributed by atoms with Crippen LogP contribution in [0.4, 0.5) is 14.5 Å². The van der Waals surface area contributed by atoms with E-state index in [9.17, 15) is 23.5 Å². The van der Waals surface area contributed by atoms with Crippen LogP contribution in [0.15, 0.2) is 78.4 Å². The van der Waals surface area contributed by atoms with Crippen LogP contribution >= 0.6 is 0 Å². The van der Waals surface area contributed by atoms with Crippen molar-refractivity contribution in [1.82, 2.24) is 0 Å². The highest BCUT2D eigenvalue weighted by atomic mass is 19.1. The van der Waals surface area contributed by atoms with E-state index in [1.807, 2.05) is 0 Å². The Kier molecular flexibility index (Phi) is 5.25. The van der Waals surface area contributed by atoms with Gasteiger partial charge in [-0.15, -0.1) is 0 Å². The maximum Gasteiger partial charge on any atom is 0.300 e. The number of carbonyl (C=O) groups is 2. The van der Waals surface area contributed by atoms with Crippen LogP contribution in [0.25, 0.3) is 5.76 Å². The van der Waals surface area contributed by atoms with Crippen molar-refractivity contribution in [3.8, 4) is 5.75 Å². The summed E-state index contributed by atoms with van der Waals surface area (Å²) in [6.07, 6.45) is 0. The number of hydrogen-bond donors (Lipinski definition) is 1. The fourth-order valence-electron chi connectivity index (χ4n) is 3.68. The van der Waals surface area contributed by atoms with Crippen molar-refractivity contribution < 1.29 is 28.2 Å². The number of halogens is 2. The summed E-state index contributed by atoms with van der Waals surface area (Å²) in [5.74, 6) is -3.35. The van der Waals surface area contributed by atoms with Gasteiger partial charge in [0.2, 0.25) is 0 Å². The van der Waals surface area contributed by atoms with Crippen molar-refractivity contribution in [1.29, 1.82) is 0 Å². The zero-order valence-electron chi connectivity index (χ0n) is 16.4. The predicted octanol–water partition coefficient (Wildman–Crippen LogP) is 4.60. The lowest BCUT2D eigenvalue weighted by molar-refractivity contribution is -0.132. The highest BCUT2D eigenvalue weighted by molar-refractivity contribution is 6.51. The van der Waals surface area contributed by atoms with Crippen molar-refractivity contribution >= 4 is 23.1 Å². The number of para-hydroxylation sites is 1. The zero-order valence-corrected chi connectivity index (χ0v) is 16.4. The number of amides is 1. The molecule has 4 rings (SSSR count). The van der Waals surface area contributed by atoms with Gasteiger partial charge in [-0.05, 0) is 42.5 Å². The quantitative estimate of drug-likeness (QED) is 0.380. The van der Waals surface area contributed by atoms with Gasteiger partial charge in [-0.3, -0.25) is 14.5 Å². The number of aliphatic hydroxyl groups excluding tert-OH is 1. The Morgan fingerprint density at radius 1 is 0.935 bits per heavy atom. The van der Waals surface area contributed by atoms with Gasteiger partial charge in [0.05, 0.1) is 24.3 Å². The molecule has 1 N–H and O–H groups in total. The van der Waals surface area contributed by atoms with Crippen molar-refractivity contribution in [3.05, 3.63) is 101 Å². The third-order valence-corrected chi connectivity index (χ3v) is 5.11. The molecule has 3 aromatic rings. The first-order chi connectivity index (χ1) is 14.9. The van der Waals surface area contributed by atoms with Gasteiger partial charge in [-0.1, -0.05) is 30.3 Å². The highest BCUT2D eigenvalue weighted by Gasteiger charge is 2.48. The molecule has 1 fully saturated rings. The molecule has 1 atom stereocenters. The fourth-order valence-corrected chi connectivity index (χ4v) is 3.68. The minimum atomic E-state index is -1.25. The summed E-state index contributed by atoms with van der Waals surface area (Å²) < 4.78 is 33.5. The number of Topliss-reactive ketones (excluding diaryl/α,β-unsaturated/α-hetero) is 1. The number of methoxy groups -OCH3 is 1. The molecule has 1 saturated heterocycles. The molecule has 1 aliphatic rings. The maximum atomic E-state index is 14.8. The van der Waals surface area contributed by atoms with E-state index in [2.05, 4.69) is 0 Å². The third-order valence-electron chi connectivity index (χ3n) is 5.11. The lowest BCUT2D eigenvalue weighted by atomic mass is 9.94. The topological polar surface area (TPSA) is 66.8 Å². The largest absolute Gasteiger partial charge is 0.507 e. The molecule has 0 aliphatic carbocycles. The summed E-state index contributed by atoms with van der Waals surface area (Å²) in [6.45, 7) is 0. The van der Waals surface area contributed by atoms with E-state index in [-0.39, 0.29) is 28.1 Å². The summed E-state index contributed by atoms with van der Waals surface area (Å²) in [4.78, 5) is 27.0. The SMILES string of the molecule is COc1ccccc1/C(O)=C1/C(=O)C(=O)N(c2ccc(F)cc2)C1c1ccccc1F. The van der Waals surface area contributed by atoms with Crippen LogP contribution in [0.2, 0.25) is 0 Å². The van der Waals surface area contributed by atoms with Gasteiger partial charge in [0.15, 0.2) is 0 Å². The molecular formula is C24H17F2NO4. The molecule has 0 radical (unpaired) electrons. The predicted molar refractivity (Wildman–Crippen MR) is 111 cm³/mol. The van der Waals surface area contributed by atoms with Crippen LogP contribution in [0.1, 0.15) is 17.2 Å². The Bertz CT molecular complexity index is 1200. The van der Waals surface area contributed by atoms with E-state index in [0.29, 0.717) is 0 Å². The van der Waals surface area contributed by atoms with Gasteiger partial charge in [-0.2, -0.15) is 0 Å². The van der Waals surface area contributed by atoms with Gasteiger partial charge in [0.1, 0.15) is 23.1 Å². The van der Waals surface area contributed by atoms with Crippen LogP contribution < -0.4 is 9.64 Å². The maximum absolute atomic E-state index is 14.8. The molecule has 156 valence electrons. The van der Waals surface area contributed by atoms with Crippen LogP contribution in [-0.4, -0.2) is 23.9 Å². The van der Waals surface area contributed by atoms with Crippen molar-refractivity contribution in [2.45, 2.75) is 6.04 Å². The van der Waals surface area contributed by atoms with Crippen LogP contribution in [0.3, 0.4) is 0 Å². The number of hydrogen-bond acceptors (Lipinski definition) is 4. The number of rotatable bonds is 4. The summed E-state index contributed by atoms with van der Waals surface area (Å²) >= 11 is 0. The minimum absolute atomic E-state index is 0.0162. The summed E-state index contributed by atoms with van der Waals surface area (Å²) in [5.41, 5.74) is 0.102. The van der Waals surface area contributed by atoms with E-state index in [1.165, 1.54) is 43.5 Å². The van der Waals surface area contributed by atoms with Gasteiger partial charge in [0.25, 0.3) is 11.7 Å². The Morgan fingerprint density at radius 3 is 2.26 bits per heavy atom. The Morgan fingerprint density at radius 2 is 1.58 bits per heavy atom. The Balaban J connectivity index is 1.99. The number of anilines is 1. The molecule has 0 bridgehead atoms. The first-order valence-corrected chi connectivity index (χ1v) is 9.38. The zero-order chi connectivity index (χ0) is 22.1. The molecule has 5 nitrogen and oxygen atoms in total. The van der Waals surface area contributed by atoms with E-state index in [4.69, 9.17) is 4.74 Å². The molecule has 7 heteroatoms. The molecule has 1 heterocycles. The van der Waals surface area contributed by atoms with Crippen LogP contribution in [0, 0.1) is 11.6 Å². The number of ketones is 1. The molecule has 1 aliphatic heterocycles. The number of ether oxygens (including phenoxy) is 1. The van der Waals surface area contributed by atoms with E-state index in [1.54, 1.807) is 24.3 Å². The van der Waals surface area contributed by atoms with Crippen LogP contribution in [-0.2, 0) is 9.59 Å². The molecule has 0 saturated carbocycles. The molecule has 1 amide bonds. The second-order valence-electron chi connectivity index (χ2n) is 6.87. The minimum Gasteiger partial charge on any atom is -0.507 e. The molecular weight excluding hydrogens is 404 g/mol. The third kappa shape index (κ3) is 3.44. The smallest absolute Gasteiger partial charge is 0.300 e. The number of aliphatic hydroxyl groups is 1. The average molecular weight is 421 g/mol. The van der Waals surface area contributed by atoms with Crippen molar-refractivity contribution in [3.63, 3.8) is 0 Å². The Labute approximate surface area is 176 Å². The van der Waals surface area contributed by atoms with Gasteiger partial charge >= 0.3 is 0 Å². The molecule has 1 unspecified atom stereocenters. The lowest BCUT2D eigenvalue weighted by Crippen LogP contribution is -2.29. The fraction of sp³-hybridized carbons (Fsp3) is 0.0833. The first-order valence-electron chi connectivity index (χ1n) is 9.38. The standard InChI is InChI=1S/C24H17F2NO4/c1-31-19-9-5-3-7-17(19)22(28)20-21(16-6-2-4-8-18(16)26)27(24(30)23(20)29)15-12-10-14(25)11-13-15/h2-13,21,28H,1H3/b22-20-. The second kappa shape index (κ2) is 8.02.